The molecule has 0 aliphatic carbocycles. The number of hydrogen-bond donors (Lipinski definition) is 2. The third-order valence-corrected chi connectivity index (χ3v) is 4.59. The van der Waals surface area contributed by atoms with Gasteiger partial charge < -0.3 is 10.4 Å². The fraction of sp³-hybridized carbons (Fsp3) is 0.294. The van der Waals surface area contributed by atoms with Crippen LogP contribution in [0.5, 0.6) is 0 Å². The summed E-state index contributed by atoms with van der Waals surface area (Å²) < 4.78 is 1.98. The summed E-state index contributed by atoms with van der Waals surface area (Å²) in [5.41, 5.74) is 3.17. The molecular weight excluding hydrogens is 394 g/mol. The lowest BCUT2D eigenvalue weighted by Crippen LogP contribution is -2.12. The van der Waals surface area contributed by atoms with Crippen LogP contribution in [0.3, 0.4) is 0 Å². The van der Waals surface area contributed by atoms with E-state index in [2.05, 4.69) is 63.2 Å². The van der Waals surface area contributed by atoms with Crippen LogP contribution in [0.25, 0.3) is 0 Å². The smallest absolute Gasteiger partial charge is 0.0962 e. The number of anilines is 1. The van der Waals surface area contributed by atoms with Gasteiger partial charge in [0.2, 0.25) is 0 Å². The summed E-state index contributed by atoms with van der Waals surface area (Å²) >= 11 is 6.94. The van der Waals surface area contributed by atoms with E-state index in [4.69, 9.17) is 0 Å². The first-order valence-corrected chi connectivity index (χ1v) is 8.53. The highest BCUT2D eigenvalue weighted by Crippen LogP contribution is 2.27. The van der Waals surface area contributed by atoms with Gasteiger partial charge in [0.05, 0.1) is 6.10 Å². The van der Waals surface area contributed by atoms with Crippen molar-refractivity contribution in [3.63, 3.8) is 0 Å². The van der Waals surface area contributed by atoms with E-state index < -0.39 is 6.10 Å². The highest BCUT2D eigenvalue weighted by molar-refractivity contribution is 9.11. The molecule has 0 fully saturated rings. The molecule has 2 aromatic rings. The Labute approximate surface area is 142 Å². The summed E-state index contributed by atoms with van der Waals surface area (Å²) in [5.74, 6) is 0.506. The summed E-state index contributed by atoms with van der Waals surface area (Å²) in [6, 6.07) is 14.1. The van der Waals surface area contributed by atoms with Gasteiger partial charge in [0, 0.05) is 21.2 Å². The van der Waals surface area contributed by atoms with Gasteiger partial charge in [-0.25, -0.2) is 0 Å². The lowest BCUT2D eigenvalue weighted by atomic mass is 10.00. The molecule has 2 rings (SSSR count). The van der Waals surface area contributed by atoms with E-state index in [1.165, 1.54) is 5.56 Å². The van der Waals surface area contributed by atoms with Crippen LogP contribution >= 0.6 is 31.9 Å². The molecule has 1 atom stereocenters. The molecule has 21 heavy (non-hydrogen) atoms. The maximum Gasteiger partial charge on any atom is 0.0962 e. The van der Waals surface area contributed by atoms with Crippen molar-refractivity contribution in [3.8, 4) is 0 Å². The van der Waals surface area contributed by atoms with Crippen molar-refractivity contribution in [3.05, 3.63) is 62.5 Å². The molecule has 0 radical (unpaired) electrons. The van der Waals surface area contributed by atoms with E-state index in [1.54, 1.807) is 0 Å². The lowest BCUT2D eigenvalue weighted by molar-refractivity contribution is 0.191. The van der Waals surface area contributed by atoms with Crippen LogP contribution < -0.4 is 5.32 Å². The van der Waals surface area contributed by atoms with Crippen LogP contribution in [0.2, 0.25) is 0 Å². The second-order valence-corrected chi connectivity index (χ2v) is 7.11. The Morgan fingerprint density at radius 1 is 1.00 bits per heavy atom. The van der Waals surface area contributed by atoms with Crippen molar-refractivity contribution >= 4 is 37.5 Å². The molecule has 0 amide bonds. The molecule has 2 N–H and O–H groups in total. The number of halogens is 2. The molecular formula is C17H19Br2NO. The second-order valence-electron chi connectivity index (χ2n) is 5.34. The molecule has 112 valence electrons. The Morgan fingerprint density at radius 2 is 1.62 bits per heavy atom. The van der Waals surface area contributed by atoms with Gasteiger partial charge in [-0.2, -0.15) is 0 Å². The third kappa shape index (κ3) is 4.56. The van der Waals surface area contributed by atoms with Gasteiger partial charge in [-0.15, -0.1) is 0 Å². The van der Waals surface area contributed by atoms with E-state index in [0.29, 0.717) is 12.5 Å². The molecule has 0 saturated heterocycles. The first-order valence-electron chi connectivity index (χ1n) is 6.94. The number of rotatable bonds is 5. The Balaban J connectivity index is 2.01. The minimum absolute atomic E-state index is 0.468. The van der Waals surface area contributed by atoms with E-state index in [9.17, 15) is 5.11 Å². The highest BCUT2D eigenvalue weighted by atomic mass is 79.9. The minimum atomic E-state index is -0.530. The summed E-state index contributed by atoms with van der Waals surface area (Å²) in [7, 11) is 0. The molecule has 2 aromatic carbocycles. The standard InChI is InChI=1S/C17H19Br2NO/c1-11(2)12-3-5-13(6-4-12)17(21)10-20-16-9-14(18)7-8-15(16)19/h3-9,11,17,20-21H,10H2,1-2H3. The van der Waals surface area contributed by atoms with Crippen LogP contribution in [0, 0.1) is 0 Å². The van der Waals surface area contributed by atoms with E-state index in [-0.39, 0.29) is 0 Å². The van der Waals surface area contributed by atoms with Crippen molar-refractivity contribution < 1.29 is 5.11 Å². The number of nitrogens with one attached hydrogen (secondary N) is 1. The number of aliphatic hydroxyl groups is 1. The predicted octanol–water partition coefficient (Wildman–Crippen LogP) is 5.48. The van der Waals surface area contributed by atoms with Crippen molar-refractivity contribution in [2.24, 2.45) is 0 Å². The zero-order valence-corrected chi connectivity index (χ0v) is 15.3. The SMILES string of the molecule is CC(C)c1ccc(C(O)CNc2cc(Br)ccc2Br)cc1. The van der Waals surface area contributed by atoms with Gasteiger partial charge in [0.15, 0.2) is 0 Å². The Bertz CT molecular complexity index is 596. The fourth-order valence-electron chi connectivity index (χ4n) is 2.06. The highest BCUT2D eigenvalue weighted by Gasteiger charge is 2.09. The van der Waals surface area contributed by atoms with Gasteiger partial charge in [0.25, 0.3) is 0 Å². The first kappa shape index (κ1) is 16.5. The van der Waals surface area contributed by atoms with Crippen LogP contribution in [0.4, 0.5) is 5.69 Å². The van der Waals surface area contributed by atoms with Gasteiger partial charge >= 0.3 is 0 Å². The minimum Gasteiger partial charge on any atom is -0.387 e. The summed E-state index contributed by atoms with van der Waals surface area (Å²) in [4.78, 5) is 0. The zero-order chi connectivity index (χ0) is 15.4. The third-order valence-electron chi connectivity index (χ3n) is 3.40. The second kappa shape index (κ2) is 7.43. The molecule has 0 aromatic heterocycles. The van der Waals surface area contributed by atoms with Crippen molar-refractivity contribution in [2.45, 2.75) is 25.9 Å². The topological polar surface area (TPSA) is 32.3 Å². The molecule has 0 bridgehead atoms. The maximum atomic E-state index is 10.3. The Kier molecular flexibility index (Phi) is 5.85. The zero-order valence-electron chi connectivity index (χ0n) is 12.1. The van der Waals surface area contributed by atoms with Crippen molar-refractivity contribution in [1.29, 1.82) is 0 Å². The van der Waals surface area contributed by atoms with Gasteiger partial charge in [-0.3, -0.25) is 0 Å². The van der Waals surface area contributed by atoms with Gasteiger partial charge in [-0.1, -0.05) is 54.0 Å². The fourth-order valence-corrected chi connectivity index (χ4v) is 2.81. The number of benzene rings is 2. The van der Waals surface area contributed by atoms with E-state index in [0.717, 1.165) is 20.2 Å². The van der Waals surface area contributed by atoms with Gasteiger partial charge in [-0.05, 0) is 51.2 Å². The molecule has 4 heteroatoms. The average molecular weight is 413 g/mol. The lowest BCUT2D eigenvalue weighted by Gasteiger charge is -2.15. The number of hydrogen-bond acceptors (Lipinski definition) is 2. The molecule has 1 unspecified atom stereocenters. The Morgan fingerprint density at radius 3 is 2.24 bits per heavy atom. The molecule has 0 aliphatic heterocycles. The normalized spacial score (nSPS) is 12.5. The average Bonchev–Trinajstić information content (AvgIpc) is 2.48. The van der Waals surface area contributed by atoms with Crippen LogP contribution in [0.1, 0.15) is 37.0 Å². The Hall–Kier alpha value is -0.840. The van der Waals surface area contributed by atoms with E-state index >= 15 is 0 Å². The monoisotopic (exact) mass is 411 g/mol. The predicted molar refractivity (Wildman–Crippen MR) is 95.8 cm³/mol. The van der Waals surface area contributed by atoms with Crippen molar-refractivity contribution in [2.75, 3.05) is 11.9 Å². The van der Waals surface area contributed by atoms with Crippen molar-refractivity contribution in [1.82, 2.24) is 0 Å². The summed E-state index contributed by atoms with van der Waals surface area (Å²) in [5, 5.41) is 13.5. The quantitative estimate of drug-likeness (QED) is 0.681. The molecule has 0 heterocycles. The first-order chi connectivity index (χ1) is 9.97. The molecule has 0 aliphatic rings. The molecule has 0 spiro atoms. The van der Waals surface area contributed by atoms with Crippen LogP contribution in [0.15, 0.2) is 51.4 Å². The summed E-state index contributed by atoms with van der Waals surface area (Å²) in [6.07, 6.45) is -0.530. The molecule has 2 nitrogen and oxygen atoms in total. The number of aliphatic hydroxyl groups excluding tert-OH is 1. The van der Waals surface area contributed by atoms with E-state index in [1.807, 2.05) is 30.3 Å². The van der Waals surface area contributed by atoms with Crippen LogP contribution in [-0.2, 0) is 0 Å². The van der Waals surface area contributed by atoms with Crippen LogP contribution in [-0.4, -0.2) is 11.7 Å². The molecule has 0 saturated carbocycles. The van der Waals surface area contributed by atoms with Gasteiger partial charge in [0.1, 0.15) is 0 Å². The summed E-state index contributed by atoms with van der Waals surface area (Å²) in [6.45, 7) is 4.80. The largest absolute Gasteiger partial charge is 0.387 e. The maximum absolute atomic E-state index is 10.3.